The van der Waals surface area contributed by atoms with E-state index >= 15 is 0 Å². The van der Waals surface area contributed by atoms with Crippen LogP contribution in [0.15, 0.2) is 40.2 Å². The van der Waals surface area contributed by atoms with Crippen molar-refractivity contribution < 1.29 is 13.2 Å². The number of hydrogen-bond acceptors (Lipinski definition) is 4. The van der Waals surface area contributed by atoms with Crippen molar-refractivity contribution in [1.82, 2.24) is 10.6 Å². The number of methoxy groups -OCH3 is 1. The Bertz CT molecular complexity index is 729. The first-order valence-electron chi connectivity index (χ1n) is 10.8. The van der Waals surface area contributed by atoms with E-state index < -0.39 is 9.84 Å². The third-order valence-corrected chi connectivity index (χ3v) is 7.61. The Morgan fingerprint density at radius 3 is 2.48 bits per heavy atom. The molecule has 0 saturated heterocycles. The molecule has 0 aliphatic heterocycles. The van der Waals surface area contributed by atoms with Gasteiger partial charge in [0.25, 0.3) is 0 Å². The number of ether oxygens (including phenoxy) is 1. The van der Waals surface area contributed by atoms with E-state index in [1.54, 1.807) is 31.4 Å². The van der Waals surface area contributed by atoms with Crippen LogP contribution in [-0.2, 0) is 14.6 Å². The van der Waals surface area contributed by atoms with Gasteiger partial charge in [-0.3, -0.25) is 4.99 Å². The summed E-state index contributed by atoms with van der Waals surface area (Å²) < 4.78 is 30.8. The number of sulfone groups is 1. The number of nitrogens with one attached hydrogen (secondary N) is 2. The first-order valence-corrected chi connectivity index (χ1v) is 12.4. The molecule has 1 aromatic rings. The Kier molecular flexibility index (Phi) is 9.43. The quantitative estimate of drug-likeness (QED) is 0.421. The van der Waals surface area contributed by atoms with Crippen LogP contribution >= 0.6 is 0 Å². The molecule has 0 spiro atoms. The Hall–Kier alpha value is -1.60. The van der Waals surface area contributed by atoms with E-state index in [1.165, 1.54) is 25.7 Å². The van der Waals surface area contributed by atoms with Crippen molar-refractivity contribution in [1.29, 1.82) is 0 Å². The minimum Gasteiger partial charge on any atom is -0.385 e. The summed E-state index contributed by atoms with van der Waals surface area (Å²) in [5.74, 6) is 0.749. The molecule has 2 N–H and O–H groups in total. The molecule has 29 heavy (non-hydrogen) atoms. The van der Waals surface area contributed by atoms with Crippen molar-refractivity contribution in [3.05, 3.63) is 30.3 Å². The van der Waals surface area contributed by atoms with Gasteiger partial charge in [0.05, 0.1) is 10.6 Å². The molecule has 1 aliphatic carbocycles. The average molecular weight is 424 g/mol. The maximum absolute atomic E-state index is 12.8. The van der Waals surface area contributed by atoms with Gasteiger partial charge in [0, 0.05) is 32.8 Å². The topological polar surface area (TPSA) is 79.8 Å². The molecule has 0 amide bonds. The van der Waals surface area contributed by atoms with Crippen LogP contribution in [0.2, 0.25) is 0 Å². The van der Waals surface area contributed by atoms with Crippen molar-refractivity contribution in [2.24, 2.45) is 10.4 Å². The summed E-state index contributed by atoms with van der Waals surface area (Å²) in [5, 5.41) is 6.64. The first kappa shape index (κ1) is 23.7. The van der Waals surface area contributed by atoms with Crippen molar-refractivity contribution in [2.45, 2.75) is 63.3 Å². The molecule has 1 unspecified atom stereocenters. The van der Waals surface area contributed by atoms with Gasteiger partial charge in [-0.2, -0.15) is 0 Å². The van der Waals surface area contributed by atoms with Gasteiger partial charge in [-0.05, 0) is 50.2 Å². The highest BCUT2D eigenvalue weighted by atomic mass is 32.2. The van der Waals surface area contributed by atoms with Crippen molar-refractivity contribution in [3.8, 4) is 0 Å². The Labute approximate surface area is 176 Å². The maximum atomic E-state index is 12.8. The fraction of sp³-hybridized carbons (Fsp3) is 0.682. The molecular weight excluding hydrogens is 386 g/mol. The van der Waals surface area contributed by atoms with E-state index in [2.05, 4.69) is 10.6 Å². The standard InChI is InChI=1S/C22H37N3O3S/c1-4-19(17-29(26,27)20-11-7-6-8-12-20)25-21(23-5-2)24-18-22(15-16-28-3)13-9-10-14-22/h6-8,11-12,19H,4-5,9-10,13-18H2,1-3H3,(H2,23,24,25). The normalized spacial score (nSPS) is 17.8. The lowest BCUT2D eigenvalue weighted by Crippen LogP contribution is -2.46. The molecule has 2 rings (SSSR count). The number of benzene rings is 1. The van der Waals surface area contributed by atoms with E-state index in [0.717, 1.165) is 26.1 Å². The third-order valence-electron chi connectivity index (χ3n) is 5.77. The number of nitrogens with zero attached hydrogens (tertiary/aromatic N) is 1. The average Bonchev–Trinajstić information content (AvgIpc) is 3.20. The molecule has 1 atom stereocenters. The summed E-state index contributed by atoms with van der Waals surface area (Å²) >= 11 is 0. The van der Waals surface area contributed by atoms with E-state index in [4.69, 9.17) is 9.73 Å². The van der Waals surface area contributed by atoms with Gasteiger partial charge in [-0.1, -0.05) is 38.0 Å². The monoisotopic (exact) mass is 423 g/mol. The third kappa shape index (κ3) is 7.30. The lowest BCUT2D eigenvalue weighted by Gasteiger charge is -2.28. The summed E-state index contributed by atoms with van der Waals surface area (Å²) in [4.78, 5) is 5.22. The zero-order valence-corrected chi connectivity index (χ0v) is 18.9. The molecule has 7 heteroatoms. The zero-order valence-electron chi connectivity index (χ0n) is 18.1. The summed E-state index contributed by atoms with van der Waals surface area (Å²) in [6.45, 7) is 6.26. The molecule has 1 fully saturated rings. The van der Waals surface area contributed by atoms with Crippen LogP contribution in [0.25, 0.3) is 0 Å². The van der Waals surface area contributed by atoms with Gasteiger partial charge in [-0.25, -0.2) is 8.42 Å². The summed E-state index contributed by atoms with van der Waals surface area (Å²) in [6, 6.07) is 8.45. The maximum Gasteiger partial charge on any atom is 0.191 e. The van der Waals surface area contributed by atoms with Crippen LogP contribution < -0.4 is 10.6 Å². The molecule has 6 nitrogen and oxygen atoms in total. The summed E-state index contributed by atoms with van der Waals surface area (Å²) in [7, 11) is -1.60. The smallest absolute Gasteiger partial charge is 0.191 e. The molecule has 0 bridgehead atoms. The summed E-state index contributed by atoms with van der Waals surface area (Å²) in [5.41, 5.74) is 0.205. The zero-order chi connectivity index (χ0) is 21.2. The van der Waals surface area contributed by atoms with Gasteiger partial charge in [-0.15, -0.1) is 0 Å². The van der Waals surface area contributed by atoms with Crippen molar-refractivity contribution >= 4 is 15.8 Å². The second kappa shape index (κ2) is 11.6. The molecular formula is C22H37N3O3S. The molecule has 0 radical (unpaired) electrons. The summed E-state index contributed by atoms with van der Waals surface area (Å²) in [6.07, 6.45) is 6.57. The largest absolute Gasteiger partial charge is 0.385 e. The lowest BCUT2D eigenvalue weighted by atomic mass is 9.83. The second-order valence-electron chi connectivity index (χ2n) is 7.99. The van der Waals surface area contributed by atoms with Crippen molar-refractivity contribution in [3.63, 3.8) is 0 Å². The number of guanidine groups is 1. The van der Waals surface area contributed by atoms with Crippen LogP contribution in [0.1, 0.15) is 52.4 Å². The van der Waals surface area contributed by atoms with E-state index in [1.807, 2.05) is 19.9 Å². The van der Waals surface area contributed by atoms with Gasteiger partial charge in [0.15, 0.2) is 15.8 Å². The van der Waals surface area contributed by atoms with Crippen LogP contribution in [0.4, 0.5) is 0 Å². The SMILES string of the molecule is CCNC(=NCC1(CCOC)CCCC1)NC(CC)CS(=O)(=O)c1ccccc1. The highest BCUT2D eigenvalue weighted by Crippen LogP contribution is 2.41. The molecule has 1 aliphatic rings. The molecule has 0 aromatic heterocycles. The number of aliphatic imine (C=N–C) groups is 1. The number of hydrogen-bond donors (Lipinski definition) is 2. The Balaban J connectivity index is 2.07. The molecule has 1 aromatic carbocycles. The van der Waals surface area contributed by atoms with Crippen molar-refractivity contribution in [2.75, 3.05) is 32.6 Å². The molecule has 164 valence electrons. The molecule has 1 saturated carbocycles. The number of rotatable bonds is 11. The van der Waals surface area contributed by atoms with Crippen LogP contribution in [-0.4, -0.2) is 53.0 Å². The minimum absolute atomic E-state index is 0.0484. The fourth-order valence-electron chi connectivity index (χ4n) is 3.94. The highest BCUT2D eigenvalue weighted by Gasteiger charge is 2.33. The fourth-order valence-corrected chi connectivity index (χ4v) is 5.55. The van der Waals surface area contributed by atoms with E-state index in [0.29, 0.717) is 17.3 Å². The predicted octanol–water partition coefficient (Wildman–Crippen LogP) is 3.39. The van der Waals surface area contributed by atoms with E-state index in [-0.39, 0.29) is 17.2 Å². The van der Waals surface area contributed by atoms with Crippen LogP contribution in [0.3, 0.4) is 0 Å². The van der Waals surface area contributed by atoms with Gasteiger partial charge < -0.3 is 15.4 Å². The Morgan fingerprint density at radius 1 is 1.21 bits per heavy atom. The van der Waals surface area contributed by atoms with E-state index in [9.17, 15) is 8.42 Å². The lowest BCUT2D eigenvalue weighted by molar-refractivity contribution is 0.141. The molecule has 0 heterocycles. The predicted molar refractivity (Wildman–Crippen MR) is 119 cm³/mol. The van der Waals surface area contributed by atoms with Crippen LogP contribution in [0, 0.1) is 5.41 Å². The minimum atomic E-state index is -3.35. The first-order chi connectivity index (χ1) is 13.9. The van der Waals surface area contributed by atoms with Crippen LogP contribution in [0.5, 0.6) is 0 Å². The van der Waals surface area contributed by atoms with Gasteiger partial charge in [0.1, 0.15) is 0 Å². The second-order valence-corrected chi connectivity index (χ2v) is 10.0. The van der Waals surface area contributed by atoms with Gasteiger partial charge in [0.2, 0.25) is 0 Å². The Morgan fingerprint density at radius 2 is 1.90 bits per heavy atom. The van der Waals surface area contributed by atoms with Gasteiger partial charge >= 0.3 is 0 Å². The highest BCUT2D eigenvalue weighted by molar-refractivity contribution is 7.91.